The molecule has 6 aromatic heterocycles. The van der Waals surface area contributed by atoms with Crippen molar-refractivity contribution >= 4 is 86.9 Å². The van der Waals surface area contributed by atoms with E-state index in [2.05, 4.69) is 468 Å². The zero-order chi connectivity index (χ0) is 98.3. The first-order valence-corrected chi connectivity index (χ1v) is 55.0. The van der Waals surface area contributed by atoms with E-state index in [9.17, 15) is 0 Å². The Morgan fingerprint density at radius 1 is 0.228 bits per heavy atom. The number of aromatic nitrogens is 9. The Bertz CT molecular complexity index is 6430. The van der Waals surface area contributed by atoms with E-state index < -0.39 is 24.2 Å². The van der Waals surface area contributed by atoms with Gasteiger partial charge in [-0.25, -0.2) is 0 Å². The summed E-state index contributed by atoms with van der Waals surface area (Å²) in [5.41, 5.74) is 14.8. The summed E-state index contributed by atoms with van der Waals surface area (Å²) in [7, 11) is -7.40. The first-order valence-electron chi connectivity index (χ1n) is 49.0. The van der Waals surface area contributed by atoms with Crippen LogP contribution in [-0.2, 0) is 73.2 Å². The molecule has 9 nitrogen and oxygen atoms in total. The fourth-order valence-electron chi connectivity index (χ4n) is 19.3. The van der Waals surface area contributed by atoms with Crippen LogP contribution in [0.2, 0.25) is 0 Å². The van der Waals surface area contributed by atoms with E-state index in [1.54, 1.807) is 0 Å². The number of imidazole rings is 3. The molecule has 0 saturated heterocycles. The topological polar surface area (TPSA) is 92.1 Å². The molecule has 21 rings (SSSR count). The van der Waals surface area contributed by atoms with E-state index in [-0.39, 0.29) is 60.3 Å². The van der Waals surface area contributed by atoms with Gasteiger partial charge in [-0.15, -0.1) is 108 Å². The molecule has 15 aromatic carbocycles. The molecule has 0 fully saturated rings. The fraction of sp³-hybridized carbons (Fsp3) is 0.123. The number of hydrogen-bond donors (Lipinski definition) is 0. The Hall–Kier alpha value is -14.0. The minimum atomic E-state index is -2.47. The van der Waals surface area contributed by atoms with Gasteiger partial charge in [0, 0.05) is 149 Å². The smallest absolute Gasteiger partial charge is 0.177 e. The van der Waals surface area contributed by atoms with Gasteiger partial charge in [0.25, 0.3) is 0 Å². The van der Waals surface area contributed by atoms with Gasteiger partial charge in [-0.2, -0.15) is 107 Å². The summed E-state index contributed by atoms with van der Waals surface area (Å²) < 4.78 is 6.61. The Labute approximate surface area is 902 Å². The van der Waals surface area contributed by atoms with Gasteiger partial charge in [0.1, 0.15) is 0 Å². The van der Waals surface area contributed by atoms with Crippen LogP contribution < -0.4 is 62.6 Å². The van der Waals surface area contributed by atoms with Crippen LogP contribution in [0.25, 0.3) is 51.2 Å². The maximum atomic E-state index is 4.82. The molecular formula is C130H119Ir3N9Si3-6. The van der Waals surface area contributed by atoms with Gasteiger partial charge in [0.15, 0.2) is 24.2 Å². The Morgan fingerprint density at radius 3 is 0.724 bits per heavy atom. The van der Waals surface area contributed by atoms with Crippen molar-refractivity contribution in [2.75, 3.05) is 0 Å². The second-order valence-electron chi connectivity index (χ2n) is 36.6. The molecule has 729 valence electrons. The predicted octanol–water partition coefficient (Wildman–Crippen LogP) is 22.0. The SMILES string of the molecule is CC(C)Cc1cccc(CC(C)C)c1-n1ccnc1-c1[c-]cccc1.CC(C)c1cccc(C(C)C)c1-n1ccnc1-c1[c-]cccc1.Cc1cccc(C)c1-n1ccnc1-c1[c-]cccc1.[Ir].[Ir].[Ir].[c-]1ccccc1[Si](c1ccccc1)(c1ccccc1)c1ccccn1.[c-]1ccccc1[Si](c1ccccc1)(c1ccccc1)c1ccccn1.[c-]1ccccc1[Si](c1ccccc1)(c1ccccc1)c1ccccn1. The van der Waals surface area contributed by atoms with Crippen molar-refractivity contribution in [3.05, 3.63) is 562 Å². The summed E-state index contributed by atoms with van der Waals surface area (Å²) in [6.45, 7) is 22.3. The van der Waals surface area contributed by atoms with Gasteiger partial charge < -0.3 is 13.7 Å². The molecule has 0 unspecified atom stereocenters. The average molecular weight is 2470 g/mol. The van der Waals surface area contributed by atoms with E-state index >= 15 is 0 Å². The van der Waals surface area contributed by atoms with Crippen molar-refractivity contribution < 1.29 is 60.3 Å². The minimum Gasteiger partial charge on any atom is -0.340 e. The number of para-hydroxylation sites is 3. The molecular weight excluding hydrogens is 2350 g/mol. The summed E-state index contributed by atoms with van der Waals surface area (Å²) in [6, 6.07) is 172. The molecule has 15 heteroatoms. The van der Waals surface area contributed by atoms with Crippen LogP contribution in [0.1, 0.15) is 101 Å². The molecule has 0 N–H and O–H groups in total. The zero-order valence-corrected chi connectivity index (χ0v) is 93.7. The molecule has 0 spiro atoms. The van der Waals surface area contributed by atoms with Gasteiger partial charge in [-0.1, -0.05) is 310 Å². The molecule has 3 radical (unpaired) electrons. The number of benzene rings is 15. The van der Waals surface area contributed by atoms with Gasteiger partial charge in [-0.05, 0) is 151 Å². The molecule has 0 aliphatic carbocycles. The monoisotopic (exact) mass is 2470 g/mol. The van der Waals surface area contributed by atoms with Crippen molar-refractivity contribution in [3.63, 3.8) is 0 Å². The molecule has 0 aliphatic heterocycles. The number of aryl methyl sites for hydroxylation is 2. The molecule has 0 saturated carbocycles. The summed E-state index contributed by atoms with van der Waals surface area (Å²) in [4.78, 5) is 28.2. The van der Waals surface area contributed by atoms with Crippen molar-refractivity contribution in [1.82, 2.24) is 43.6 Å². The van der Waals surface area contributed by atoms with Crippen molar-refractivity contribution in [2.45, 2.75) is 93.9 Å². The third-order valence-corrected chi connectivity index (χ3v) is 39.2. The van der Waals surface area contributed by atoms with Gasteiger partial charge in [0.2, 0.25) is 0 Å². The van der Waals surface area contributed by atoms with Gasteiger partial charge >= 0.3 is 0 Å². The summed E-state index contributed by atoms with van der Waals surface area (Å²) in [5, 5.41) is 15.0. The summed E-state index contributed by atoms with van der Waals surface area (Å²) >= 11 is 0. The predicted molar refractivity (Wildman–Crippen MR) is 598 cm³/mol. The van der Waals surface area contributed by atoms with Crippen LogP contribution in [0.4, 0.5) is 0 Å². The van der Waals surface area contributed by atoms with E-state index in [1.807, 2.05) is 159 Å². The zero-order valence-electron chi connectivity index (χ0n) is 83.5. The molecule has 21 aromatic rings. The molecule has 0 aliphatic rings. The van der Waals surface area contributed by atoms with E-state index in [0.29, 0.717) is 23.7 Å². The first kappa shape index (κ1) is 108. The van der Waals surface area contributed by atoms with Gasteiger partial charge in [0.05, 0.1) is 17.5 Å². The first-order chi connectivity index (χ1) is 69.7. The number of rotatable bonds is 24. The van der Waals surface area contributed by atoms with Crippen LogP contribution in [0.15, 0.2) is 493 Å². The van der Waals surface area contributed by atoms with Crippen LogP contribution in [0, 0.1) is 62.1 Å². The van der Waals surface area contributed by atoms with Crippen molar-refractivity contribution in [2.24, 2.45) is 11.8 Å². The summed E-state index contributed by atoms with van der Waals surface area (Å²) in [6.07, 6.45) is 19.6. The van der Waals surface area contributed by atoms with Crippen LogP contribution >= 0.6 is 0 Å². The normalized spacial score (nSPS) is 11.0. The van der Waals surface area contributed by atoms with Crippen molar-refractivity contribution in [3.8, 4) is 51.2 Å². The quantitative estimate of drug-likeness (QED) is 0.0340. The maximum Gasteiger partial charge on any atom is 0.177 e. The van der Waals surface area contributed by atoms with Crippen LogP contribution in [0.3, 0.4) is 0 Å². The molecule has 145 heavy (non-hydrogen) atoms. The number of hydrogen-bond acceptors (Lipinski definition) is 6. The van der Waals surface area contributed by atoms with Crippen LogP contribution in [0.5, 0.6) is 0 Å². The molecule has 0 bridgehead atoms. The van der Waals surface area contributed by atoms with E-state index in [4.69, 9.17) is 15.0 Å². The van der Waals surface area contributed by atoms with Gasteiger partial charge in [-0.3, -0.25) is 29.9 Å². The Kier molecular flexibility index (Phi) is 40.0. The van der Waals surface area contributed by atoms with Crippen LogP contribution in [-0.4, -0.2) is 67.8 Å². The van der Waals surface area contributed by atoms with E-state index in [0.717, 1.165) is 63.0 Å². The number of nitrogens with zero attached hydrogens (tertiary/aromatic N) is 9. The second-order valence-corrected chi connectivity index (χ2v) is 47.7. The van der Waals surface area contributed by atoms with Crippen molar-refractivity contribution in [1.29, 1.82) is 0 Å². The minimum absolute atomic E-state index is 0. The van der Waals surface area contributed by atoms with E-state index in [1.165, 1.54) is 97.1 Å². The Balaban J connectivity index is 0.000000145. The molecule has 6 heterocycles. The fourth-order valence-corrected chi connectivity index (χ4v) is 32.7. The maximum absolute atomic E-state index is 4.82. The third-order valence-electron chi connectivity index (χ3n) is 25.5. The third kappa shape index (κ3) is 25.3. The second kappa shape index (κ2) is 53.5. The standard InChI is InChI=1S/C23H27N2.3C23H18NSi.C21H23N2.C17H15N2.3Ir/c1-17(2)15-20-11-8-12-21(16-18(3)4)22(20)25-14-13-24-23(25)19-9-6-5-7-10-19;3*1-4-12-20(13-5-1)25(21-14-6-2-7-15-21,22-16-8-3-9-17-22)23-18-10-11-19-24-23;1-15(2)18-11-8-12-19(16(3)4)20(18)23-14-13-22-21(23)17-9-6-5-7-10-17;1-13-7-6-8-14(2)16(13)19-12-11-18-17(19)15-9-4-3-5-10-15;;;/h5-9,11-14,17-18H,15-16H2,1-4H3;3*1-16,18-19H;5-9,11-16H,1-4H3;3-9,11-12H,1-2H3;;;/q6*-1;;;. The average Bonchev–Trinajstić information content (AvgIpc) is 1.18. The molecule has 0 atom stereocenters. The number of pyridine rings is 3. The Morgan fingerprint density at radius 2 is 0.476 bits per heavy atom. The largest absolute Gasteiger partial charge is 0.340 e. The molecule has 0 amide bonds. The summed E-state index contributed by atoms with van der Waals surface area (Å²) in [5.74, 6) is 4.98.